The van der Waals surface area contributed by atoms with E-state index in [-0.39, 0.29) is 23.8 Å². The molecule has 2 amide bonds. The molecule has 2 bridgehead atoms. The van der Waals surface area contributed by atoms with Crippen LogP contribution in [0.4, 0.5) is 0 Å². The van der Waals surface area contributed by atoms with Gasteiger partial charge >= 0.3 is 0 Å². The molecule has 1 aromatic rings. The molecule has 2 atom stereocenters. The van der Waals surface area contributed by atoms with Gasteiger partial charge in [-0.3, -0.25) is 9.59 Å². The highest BCUT2D eigenvalue weighted by atomic mass is 32.2. The number of hydrogen-bond acceptors (Lipinski definition) is 4. The second-order valence-electron chi connectivity index (χ2n) is 7.49. The summed E-state index contributed by atoms with van der Waals surface area (Å²) in [6.07, 6.45) is 9.39. The van der Waals surface area contributed by atoms with E-state index in [1.54, 1.807) is 6.20 Å². The summed E-state index contributed by atoms with van der Waals surface area (Å²) >= 11 is 1.49. The molecule has 134 valence electrons. The molecule has 0 radical (unpaired) electrons. The van der Waals surface area contributed by atoms with Crippen LogP contribution in [0.15, 0.2) is 23.4 Å². The number of carbonyl (C=O) groups is 2. The molecule has 4 heterocycles. The molecule has 0 spiro atoms. The number of carbonyl (C=O) groups excluding carboxylic acids is 2. The van der Waals surface area contributed by atoms with Crippen molar-refractivity contribution in [3.8, 4) is 0 Å². The van der Waals surface area contributed by atoms with Crippen LogP contribution < -0.4 is 0 Å². The number of amides is 2. The van der Waals surface area contributed by atoms with Crippen LogP contribution in [0.5, 0.6) is 0 Å². The Labute approximate surface area is 153 Å². The maximum Gasteiger partial charge on any atom is 0.256 e. The van der Waals surface area contributed by atoms with Crippen LogP contribution >= 0.6 is 11.8 Å². The van der Waals surface area contributed by atoms with Gasteiger partial charge in [-0.1, -0.05) is 6.42 Å². The third-order valence-corrected chi connectivity index (χ3v) is 6.67. The van der Waals surface area contributed by atoms with Gasteiger partial charge in [-0.2, -0.15) is 0 Å². The van der Waals surface area contributed by atoms with Crippen LogP contribution in [0.3, 0.4) is 0 Å². The van der Waals surface area contributed by atoms with Gasteiger partial charge in [-0.25, -0.2) is 4.98 Å². The third-order valence-electron chi connectivity index (χ3n) is 5.96. The molecule has 6 heteroatoms. The highest BCUT2D eigenvalue weighted by molar-refractivity contribution is 7.98. The lowest BCUT2D eigenvalue weighted by Gasteiger charge is -2.40. The fraction of sp³-hybridized carbons (Fsp3) is 0.632. The van der Waals surface area contributed by atoms with Crippen LogP contribution in [0.2, 0.25) is 0 Å². The van der Waals surface area contributed by atoms with Crippen molar-refractivity contribution in [2.24, 2.45) is 11.8 Å². The van der Waals surface area contributed by atoms with E-state index in [2.05, 4.69) is 9.88 Å². The smallest absolute Gasteiger partial charge is 0.256 e. The molecule has 3 saturated heterocycles. The summed E-state index contributed by atoms with van der Waals surface area (Å²) in [5.41, 5.74) is 0.661. The molecular formula is C19H25N3O2S. The summed E-state index contributed by atoms with van der Waals surface area (Å²) in [7, 11) is 0. The standard InChI is InChI=1S/C19H25N3O2S/c1-25-17-16(6-3-9-20-17)19(24)21-11-14-7-8-15(12-21)22(18(14)23)10-13-4-2-5-13/h3,6,9,13-15H,2,4-5,7-8,10-12H2,1H3/t14-,15+/m0/s1. The van der Waals surface area contributed by atoms with E-state index < -0.39 is 0 Å². The summed E-state index contributed by atoms with van der Waals surface area (Å²) in [6.45, 7) is 2.11. The minimum absolute atomic E-state index is 0.0210. The number of rotatable bonds is 4. The molecule has 3 aliphatic heterocycles. The Morgan fingerprint density at radius 2 is 2.12 bits per heavy atom. The van der Waals surface area contributed by atoms with Crippen molar-refractivity contribution in [3.63, 3.8) is 0 Å². The van der Waals surface area contributed by atoms with Crippen LogP contribution in [-0.4, -0.2) is 58.5 Å². The number of fused-ring (bicyclic) bond motifs is 4. The summed E-state index contributed by atoms with van der Waals surface area (Å²) in [4.78, 5) is 34.3. The van der Waals surface area contributed by atoms with E-state index in [0.29, 0.717) is 24.6 Å². The zero-order chi connectivity index (χ0) is 17.4. The first kappa shape index (κ1) is 16.9. The first-order valence-corrected chi connectivity index (χ1v) is 10.5. The number of piperidine rings is 1. The molecule has 5 nitrogen and oxygen atoms in total. The summed E-state index contributed by atoms with van der Waals surface area (Å²) < 4.78 is 0. The lowest BCUT2D eigenvalue weighted by molar-refractivity contribution is -0.141. The van der Waals surface area contributed by atoms with Crippen molar-refractivity contribution in [1.29, 1.82) is 0 Å². The zero-order valence-electron chi connectivity index (χ0n) is 14.7. The highest BCUT2D eigenvalue weighted by Crippen LogP contribution is 2.34. The Morgan fingerprint density at radius 3 is 2.84 bits per heavy atom. The molecule has 25 heavy (non-hydrogen) atoms. The Balaban J connectivity index is 1.54. The Bertz CT molecular complexity index is 676. The SMILES string of the molecule is CSc1ncccc1C(=O)N1C[C@@H]2CC[C@H](C1)N(CC1CCC1)C2=O. The fourth-order valence-corrected chi connectivity index (χ4v) is 4.83. The average molecular weight is 359 g/mol. The number of pyridine rings is 1. The predicted molar refractivity (Wildman–Crippen MR) is 97.5 cm³/mol. The summed E-state index contributed by atoms with van der Waals surface area (Å²) in [5.74, 6) is 0.938. The molecule has 1 aromatic heterocycles. The van der Waals surface area contributed by atoms with Gasteiger partial charge in [0.15, 0.2) is 0 Å². The van der Waals surface area contributed by atoms with Crippen molar-refractivity contribution in [1.82, 2.24) is 14.8 Å². The zero-order valence-corrected chi connectivity index (χ0v) is 15.5. The molecule has 1 saturated carbocycles. The Morgan fingerprint density at radius 1 is 1.28 bits per heavy atom. The van der Waals surface area contributed by atoms with Crippen LogP contribution in [0.25, 0.3) is 0 Å². The average Bonchev–Trinajstić information content (AvgIpc) is 2.89. The van der Waals surface area contributed by atoms with Crippen LogP contribution in [0.1, 0.15) is 42.5 Å². The predicted octanol–water partition coefficient (Wildman–Crippen LogP) is 2.67. The molecule has 4 fully saturated rings. The quantitative estimate of drug-likeness (QED) is 0.776. The van der Waals surface area contributed by atoms with Gasteiger partial charge < -0.3 is 9.80 Å². The second-order valence-corrected chi connectivity index (χ2v) is 8.28. The van der Waals surface area contributed by atoms with E-state index in [4.69, 9.17) is 0 Å². The third kappa shape index (κ3) is 3.16. The van der Waals surface area contributed by atoms with Crippen molar-refractivity contribution >= 4 is 23.6 Å². The maximum atomic E-state index is 13.1. The van der Waals surface area contributed by atoms with Gasteiger partial charge in [0.1, 0.15) is 5.03 Å². The van der Waals surface area contributed by atoms with Crippen molar-refractivity contribution in [3.05, 3.63) is 23.9 Å². The lowest BCUT2D eigenvalue weighted by Crippen LogP contribution is -2.50. The molecule has 5 rings (SSSR count). The number of aromatic nitrogens is 1. The fourth-order valence-electron chi connectivity index (χ4n) is 4.29. The van der Waals surface area contributed by atoms with Gasteiger partial charge in [0, 0.05) is 31.9 Å². The highest BCUT2D eigenvalue weighted by Gasteiger charge is 2.43. The summed E-state index contributed by atoms with van der Waals surface area (Å²) in [5, 5.41) is 0.766. The van der Waals surface area contributed by atoms with Crippen molar-refractivity contribution in [2.45, 2.75) is 43.2 Å². The number of hydrogen-bond donors (Lipinski definition) is 0. The first-order chi connectivity index (χ1) is 12.2. The van der Waals surface area contributed by atoms with Gasteiger partial charge in [0.25, 0.3) is 5.91 Å². The van der Waals surface area contributed by atoms with Gasteiger partial charge in [0.05, 0.1) is 11.5 Å². The number of nitrogens with zero attached hydrogens (tertiary/aromatic N) is 3. The maximum absolute atomic E-state index is 13.1. The molecular weight excluding hydrogens is 334 g/mol. The van der Waals surface area contributed by atoms with Crippen LogP contribution in [0, 0.1) is 11.8 Å². The van der Waals surface area contributed by atoms with E-state index >= 15 is 0 Å². The second kappa shape index (κ2) is 6.98. The topological polar surface area (TPSA) is 53.5 Å². The van der Waals surface area contributed by atoms with Gasteiger partial charge in [-0.15, -0.1) is 11.8 Å². The van der Waals surface area contributed by atoms with E-state index in [1.807, 2.05) is 23.3 Å². The van der Waals surface area contributed by atoms with Gasteiger partial charge in [0.2, 0.25) is 5.91 Å². The minimum atomic E-state index is -0.0304. The van der Waals surface area contributed by atoms with Crippen LogP contribution in [-0.2, 0) is 4.79 Å². The monoisotopic (exact) mass is 359 g/mol. The van der Waals surface area contributed by atoms with Crippen molar-refractivity contribution < 1.29 is 9.59 Å². The minimum Gasteiger partial charge on any atom is -0.337 e. The molecule has 0 N–H and O–H groups in total. The molecule has 0 aromatic carbocycles. The van der Waals surface area contributed by atoms with E-state index in [0.717, 1.165) is 24.4 Å². The lowest BCUT2D eigenvalue weighted by atomic mass is 9.83. The Kier molecular flexibility index (Phi) is 4.71. The normalized spacial score (nSPS) is 26.5. The van der Waals surface area contributed by atoms with Gasteiger partial charge in [-0.05, 0) is 50.0 Å². The largest absolute Gasteiger partial charge is 0.337 e. The number of thioether (sulfide) groups is 1. The Hall–Kier alpha value is -1.56. The van der Waals surface area contributed by atoms with Crippen molar-refractivity contribution in [2.75, 3.05) is 25.9 Å². The first-order valence-electron chi connectivity index (χ1n) is 9.26. The molecule has 1 aliphatic carbocycles. The van der Waals surface area contributed by atoms with E-state index in [1.165, 1.54) is 31.0 Å². The molecule has 4 aliphatic rings. The summed E-state index contributed by atoms with van der Waals surface area (Å²) in [6, 6.07) is 3.85. The van der Waals surface area contributed by atoms with E-state index in [9.17, 15) is 9.59 Å². The molecule has 0 unspecified atom stereocenters.